The molecule has 146 valence electrons. The summed E-state index contributed by atoms with van der Waals surface area (Å²) in [5, 5.41) is 0. The maximum absolute atomic E-state index is 12.9. The molecule has 5 nitrogen and oxygen atoms in total. The lowest BCUT2D eigenvalue weighted by atomic mass is 10.1. The largest absolute Gasteiger partial charge is 0.342 e. The molecule has 6 heteroatoms. The summed E-state index contributed by atoms with van der Waals surface area (Å²) in [5.74, 6) is 0.745. The highest BCUT2D eigenvalue weighted by molar-refractivity contribution is 7.92. The Bertz CT molecular complexity index is 1250. The highest BCUT2D eigenvalue weighted by Crippen LogP contribution is 2.32. The molecule has 1 heterocycles. The molecule has 2 N–H and O–H groups in total. The van der Waals surface area contributed by atoms with Crippen LogP contribution in [-0.2, 0) is 10.0 Å². The van der Waals surface area contributed by atoms with Gasteiger partial charge in [0.05, 0.1) is 16.3 Å². The van der Waals surface area contributed by atoms with Gasteiger partial charge in [0.1, 0.15) is 5.82 Å². The second-order valence-electron chi connectivity index (χ2n) is 6.89. The van der Waals surface area contributed by atoms with E-state index >= 15 is 0 Å². The van der Waals surface area contributed by atoms with Gasteiger partial charge in [0, 0.05) is 16.8 Å². The molecule has 4 rings (SSSR count). The lowest BCUT2D eigenvalue weighted by molar-refractivity contribution is 0.601. The molecule has 0 fully saturated rings. The summed E-state index contributed by atoms with van der Waals surface area (Å²) in [7, 11) is -3.71. The van der Waals surface area contributed by atoms with Crippen molar-refractivity contribution in [2.75, 3.05) is 4.72 Å². The number of aromatic nitrogens is 2. The number of aryl methyl sites for hydroxylation is 2. The smallest absolute Gasteiger partial charge is 0.261 e. The van der Waals surface area contributed by atoms with Crippen molar-refractivity contribution >= 4 is 15.7 Å². The van der Waals surface area contributed by atoms with Gasteiger partial charge in [0.2, 0.25) is 0 Å². The van der Waals surface area contributed by atoms with Crippen LogP contribution in [0.3, 0.4) is 0 Å². The first-order chi connectivity index (χ1) is 13.9. The Hall–Kier alpha value is -3.38. The number of sulfonamides is 1. The molecule has 0 radical (unpaired) electrons. The van der Waals surface area contributed by atoms with Crippen LogP contribution >= 0.6 is 0 Å². The Balaban J connectivity index is 1.73. The van der Waals surface area contributed by atoms with Crippen LogP contribution in [0.5, 0.6) is 0 Å². The third kappa shape index (κ3) is 3.93. The van der Waals surface area contributed by atoms with Crippen LogP contribution in [0.4, 0.5) is 5.69 Å². The molecule has 0 aliphatic rings. The van der Waals surface area contributed by atoms with Gasteiger partial charge in [-0.25, -0.2) is 13.4 Å². The first-order valence-corrected chi connectivity index (χ1v) is 10.7. The van der Waals surface area contributed by atoms with Crippen molar-refractivity contribution in [3.63, 3.8) is 0 Å². The van der Waals surface area contributed by atoms with Gasteiger partial charge in [-0.1, -0.05) is 66.2 Å². The molecule has 0 spiro atoms. The highest BCUT2D eigenvalue weighted by Gasteiger charge is 2.19. The summed E-state index contributed by atoms with van der Waals surface area (Å²) in [4.78, 5) is 8.26. The first-order valence-electron chi connectivity index (χ1n) is 9.25. The minimum atomic E-state index is -3.71. The number of hydrogen-bond donors (Lipinski definition) is 2. The minimum Gasteiger partial charge on any atom is -0.342 e. The molecule has 0 amide bonds. The van der Waals surface area contributed by atoms with Crippen molar-refractivity contribution in [3.8, 4) is 22.6 Å². The number of nitrogens with zero attached hydrogens (tertiary/aromatic N) is 1. The zero-order chi connectivity index (χ0) is 20.4. The molecule has 0 atom stereocenters. The normalized spacial score (nSPS) is 11.4. The maximum atomic E-state index is 12.9. The fraction of sp³-hybridized carbons (Fsp3) is 0.0870. The van der Waals surface area contributed by atoms with Crippen molar-refractivity contribution in [1.29, 1.82) is 0 Å². The van der Waals surface area contributed by atoms with Crippen molar-refractivity contribution in [3.05, 3.63) is 90.1 Å². The molecule has 0 aliphatic carbocycles. The van der Waals surface area contributed by atoms with Crippen LogP contribution in [0.1, 0.15) is 11.3 Å². The van der Waals surface area contributed by atoms with Crippen molar-refractivity contribution in [2.45, 2.75) is 18.7 Å². The second kappa shape index (κ2) is 7.56. The number of H-pyrrole nitrogens is 1. The minimum absolute atomic E-state index is 0.224. The summed E-state index contributed by atoms with van der Waals surface area (Å²) >= 11 is 0. The van der Waals surface area contributed by atoms with Gasteiger partial charge in [0.25, 0.3) is 10.0 Å². The van der Waals surface area contributed by atoms with E-state index < -0.39 is 10.0 Å². The van der Waals surface area contributed by atoms with Crippen LogP contribution in [-0.4, -0.2) is 18.4 Å². The van der Waals surface area contributed by atoms with Gasteiger partial charge in [-0.15, -0.1) is 0 Å². The number of hydrogen-bond acceptors (Lipinski definition) is 3. The summed E-state index contributed by atoms with van der Waals surface area (Å²) < 4.78 is 28.5. The third-order valence-corrected chi connectivity index (χ3v) is 6.07. The summed E-state index contributed by atoms with van der Waals surface area (Å²) in [5.41, 5.74) is 4.77. The van der Waals surface area contributed by atoms with Gasteiger partial charge in [0.15, 0.2) is 0 Å². The van der Waals surface area contributed by atoms with E-state index in [2.05, 4.69) is 9.71 Å². The zero-order valence-electron chi connectivity index (χ0n) is 16.2. The molecule has 0 saturated heterocycles. The molecule has 4 aromatic rings. The Morgan fingerprint density at radius 2 is 1.48 bits per heavy atom. The average molecular weight is 404 g/mol. The molecule has 0 aliphatic heterocycles. The lowest BCUT2D eigenvalue weighted by Gasteiger charge is -2.12. The van der Waals surface area contributed by atoms with Crippen LogP contribution in [0.2, 0.25) is 0 Å². The number of imidazole rings is 1. The topological polar surface area (TPSA) is 74.8 Å². The van der Waals surface area contributed by atoms with E-state index in [-0.39, 0.29) is 4.90 Å². The quantitative estimate of drug-likeness (QED) is 0.483. The maximum Gasteiger partial charge on any atom is 0.261 e. The standard InChI is InChI=1S/C23H21N3O2S/c1-16-12-14-19(15-13-16)29(27,28)26-21-11-7-6-10-20(21)22-17(2)24-23(25-22)18-8-4-3-5-9-18/h3-15,26H,1-2H3,(H,24,25). The third-order valence-electron chi connectivity index (χ3n) is 4.69. The number of anilines is 1. The Labute approximate surface area is 170 Å². The van der Waals surface area contributed by atoms with Crippen molar-refractivity contribution < 1.29 is 8.42 Å². The molecular weight excluding hydrogens is 382 g/mol. The van der Waals surface area contributed by atoms with E-state index in [9.17, 15) is 8.42 Å². The molecular formula is C23H21N3O2S. The fourth-order valence-corrected chi connectivity index (χ4v) is 4.23. The summed E-state index contributed by atoms with van der Waals surface area (Å²) in [6.45, 7) is 3.85. The van der Waals surface area contributed by atoms with Crippen LogP contribution in [0.25, 0.3) is 22.6 Å². The van der Waals surface area contributed by atoms with E-state index in [1.54, 1.807) is 36.4 Å². The number of para-hydroxylation sites is 1. The average Bonchev–Trinajstić information content (AvgIpc) is 3.11. The Kier molecular flexibility index (Phi) is 4.94. The molecule has 0 bridgehead atoms. The van der Waals surface area contributed by atoms with Crippen LogP contribution in [0, 0.1) is 13.8 Å². The molecule has 3 aromatic carbocycles. The monoisotopic (exact) mass is 403 g/mol. The number of rotatable bonds is 5. The zero-order valence-corrected chi connectivity index (χ0v) is 17.0. The lowest BCUT2D eigenvalue weighted by Crippen LogP contribution is -2.13. The van der Waals surface area contributed by atoms with Gasteiger partial charge in [-0.3, -0.25) is 4.72 Å². The molecule has 1 aromatic heterocycles. The van der Waals surface area contributed by atoms with E-state index in [1.807, 2.05) is 56.3 Å². The fourth-order valence-electron chi connectivity index (χ4n) is 3.16. The second-order valence-corrected chi connectivity index (χ2v) is 8.57. The van der Waals surface area contributed by atoms with E-state index in [0.717, 1.165) is 28.2 Å². The predicted molar refractivity (Wildman–Crippen MR) is 116 cm³/mol. The number of benzene rings is 3. The molecule has 29 heavy (non-hydrogen) atoms. The highest BCUT2D eigenvalue weighted by atomic mass is 32.2. The van der Waals surface area contributed by atoms with E-state index in [4.69, 9.17) is 4.98 Å². The summed E-state index contributed by atoms with van der Waals surface area (Å²) in [6.07, 6.45) is 0. The Morgan fingerprint density at radius 3 is 2.21 bits per heavy atom. The molecule has 0 saturated carbocycles. The number of nitrogens with one attached hydrogen (secondary N) is 2. The Morgan fingerprint density at radius 1 is 0.828 bits per heavy atom. The van der Waals surface area contributed by atoms with Crippen molar-refractivity contribution in [2.24, 2.45) is 0 Å². The van der Waals surface area contributed by atoms with Gasteiger partial charge in [-0.2, -0.15) is 0 Å². The van der Waals surface area contributed by atoms with Gasteiger partial charge in [-0.05, 0) is 32.0 Å². The predicted octanol–water partition coefficient (Wildman–Crippen LogP) is 5.16. The van der Waals surface area contributed by atoms with E-state index in [1.165, 1.54) is 0 Å². The van der Waals surface area contributed by atoms with Gasteiger partial charge < -0.3 is 4.98 Å². The van der Waals surface area contributed by atoms with Crippen LogP contribution < -0.4 is 4.72 Å². The molecule has 0 unspecified atom stereocenters. The van der Waals surface area contributed by atoms with Gasteiger partial charge >= 0.3 is 0 Å². The number of aromatic amines is 1. The van der Waals surface area contributed by atoms with Crippen LogP contribution in [0.15, 0.2) is 83.8 Å². The first kappa shape index (κ1) is 19.0. The summed E-state index contributed by atoms with van der Waals surface area (Å²) in [6, 6.07) is 23.9. The van der Waals surface area contributed by atoms with Crippen molar-refractivity contribution in [1.82, 2.24) is 9.97 Å². The SMILES string of the molecule is Cc1ccc(S(=O)(=O)Nc2ccccc2-c2nc(-c3ccccc3)[nH]c2C)cc1. The van der Waals surface area contributed by atoms with E-state index in [0.29, 0.717) is 11.4 Å².